The normalized spacial score (nSPS) is 11.8. The number of hydrogen-bond acceptors (Lipinski definition) is 6. The van der Waals surface area contributed by atoms with Gasteiger partial charge in [0.25, 0.3) is 6.47 Å². The maximum absolute atomic E-state index is 14.3. The summed E-state index contributed by atoms with van der Waals surface area (Å²) in [5.41, 5.74) is 1.34. The number of anilines is 2. The van der Waals surface area contributed by atoms with Gasteiger partial charge in [0, 0.05) is 29.8 Å². The summed E-state index contributed by atoms with van der Waals surface area (Å²) in [7, 11) is 0. The van der Waals surface area contributed by atoms with E-state index < -0.39 is 11.2 Å². The highest BCUT2D eigenvalue weighted by molar-refractivity contribution is 6.21. The van der Waals surface area contributed by atoms with Gasteiger partial charge in [0.1, 0.15) is 24.4 Å². The van der Waals surface area contributed by atoms with Crippen molar-refractivity contribution >= 4 is 29.6 Å². The van der Waals surface area contributed by atoms with Gasteiger partial charge in [-0.05, 0) is 24.3 Å². The minimum Gasteiger partial charge on any atom is -0.466 e. The average Bonchev–Trinajstić information content (AvgIpc) is 3.14. The van der Waals surface area contributed by atoms with E-state index in [0.29, 0.717) is 29.2 Å². The third-order valence-electron chi connectivity index (χ3n) is 3.35. The molecular weight excluding hydrogens is 349 g/mol. The van der Waals surface area contributed by atoms with Crippen molar-refractivity contribution in [3.05, 3.63) is 60.6 Å². The number of ether oxygens (including phenoxy) is 1. The summed E-state index contributed by atoms with van der Waals surface area (Å²) < 4.78 is 20.4. The largest absolute Gasteiger partial charge is 0.466 e. The number of rotatable bonds is 7. The number of aromatic nitrogens is 4. The molecule has 0 aliphatic carbocycles. The van der Waals surface area contributed by atoms with E-state index in [4.69, 9.17) is 11.6 Å². The first-order valence-electron chi connectivity index (χ1n) is 7.25. The molecule has 2 aromatic heterocycles. The van der Waals surface area contributed by atoms with Crippen LogP contribution in [0.1, 0.15) is 10.9 Å². The molecule has 0 aliphatic rings. The maximum atomic E-state index is 14.3. The van der Waals surface area contributed by atoms with E-state index in [1.807, 2.05) is 0 Å². The quantitative estimate of drug-likeness (QED) is 0.514. The van der Waals surface area contributed by atoms with Crippen LogP contribution in [0.2, 0.25) is 0 Å². The molecule has 1 aromatic carbocycles. The second-order valence-electron chi connectivity index (χ2n) is 4.97. The van der Waals surface area contributed by atoms with E-state index in [-0.39, 0.29) is 6.61 Å². The molecule has 3 aromatic rings. The molecule has 0 bridgehead atoms. The summed E-state index contributed by atoms with van der Waals surface area (Å²) in [5, 5.41) is 6.36. The fourth-order valence-electron chi connectivity index (χ4n) is 2.21. The second-order valence-corrected chi connectivity index (χ2v) is 5.49. The molecular formula is C16H13ClFN5O2. The summed E-state index contributed by atoms with van der Waals surface area (Å²) in [5.74, 6) is -0.0493. The van der Waals surface area contributed by atoms with Gasteiger partial charge < -0.3 is 10.1 Å². The van der Waals surface area contributed by atoms with Crippen LogP contribution < -0.4 is 5.32 Å². The molecule has 3 rings (SSSR count). The van der Waals surface area contributed by atoms with Gasteiger partial charge in [-0.1, -0.05) is 0 Å². The van der Waals surface area contributed by atoms with Crippen molar-refractivity contribution in [1.82, 2.24) is 19.7 Å². The summed E-state index contributed by atoms with van der Waals surface area (Å²) in [6, 6.07) is 6.32. The lowest BCUT2D eigenvalue weighted by Crippen LogP contribution is -2.07. The third-order valence-corrected chi connectivity index (χ3v) is 3.71. The minimum absolute atomic E-state index is 0.0281. The Kier molecular flexibility index (Phi) is 5.20. The fourth-order valence-corrected chi connectivity index (χ4v) is 2.44. The number of benzene rings is 1. The van der Waals surface area contributed by atoms with E-state index >= 15 is 0 Å². The first-order valence-corrected chi connectivity index (χ1v) is 7.68. The Balaban J connectivity index is 1.83. The number of halogens is 2. The van der Waals surface area contributed by atoms with Gasteiger partial charge in [-0.2, -0.15) is 5.10 Å². The lowest BCUT2D eigenvalue weighted by atomic mass is 10.2. The van der Waals surface area contributed by atoms with Crippen molar-refractivity contribution in [3.63, 3.8) is 0 Å². The molecule has 0 amide bonds. The van der Waals surface area contributed by atoms with E-state index in [1.54, 1.807) is 30.6 Å². The van der Waals surface area contributed by atoms with Gasteiger partial charge in [-0.25, -0.2) is 19.0 Å². The monoisotopic (exact) mass is 361 g/mol. The van der Waals surface area contributed by atoms with E-state index in [1.165, 1.54) is 23.3 Å². The van der Waals surface area contributed by atoms with Crippen LogP contribution in [-0.2, 0) is 9.53 Å². The maximum Gasteiger partial charge on any atom is 0.293 e. The minimum atomic E-state index is -0.637. The SMILES string of the molecule is O=COCC(Cl)c1cncnc1Nc1ccc(-n2cccn2)c(F)c1. The Morgan fingerprint density at radius 2 is 2.32 bits per heavy atom. The molecule has 2 heterocycles. The molecule has 25 heavy (non-hydrogen) atoms. The molecule has 0 radical (unpaired) electrons. The van der Waals surface area contributed by atoms with Crippen LogP contribution in [0.5, 0.6) is 0 Å². The number of carbonyl (C=O) groups is 1. The van der Waals surface area contributed by atoms with Gasteiger partial charge in [0.2, 0.25) is 0 Å². The van der Waals surface area contributed by atoms with Crippen molar-refractivity contribution in [2.24, 2.45) is 0 Å². The Morgan fingerprint density at radius 1 is 1.44 bits per heavy atom. The van der Waals surface area contributed by atoms with Gasteiger partial charge >= 0.3 is 0 Å². The average molecular weight is 362 g/mol. The van der Waals surface area contributed by atoms with Gasteiger partial charge in [0.05, 0.1) is 5.38 Å². The zero-order valence-electron chi connectivity index (χ0n) is 12.8. The standard InChI is InChI=1S/C16H13ClFN5O2/c17-13(8-25-10-24)12-7-19-9-20-16(12)22-11-2-3-15(14(18)6-11)23-5-1-4-21-23/h1-7,9-10,13H,8H2,(H,19,20,22). The smallest absolute Gasteiger partial charge is 0.293 e. The van der Waals surface area contributed by atoms with Crippen LogP contribution in [0.25, 0.3) is 5.69 Å². The summed E-state index contributed by atoms with van der Waals surface area (Å²) in [4.78, 5) is 18.3. The molecule has 0 aliphatic heterocycles. The molecule has 0 saturated carbocycles. The van der Waals surface area contributed by atoms with Crippen LogP contribution in [0.15, 0.2) is 49.2 Å². The van der Waals surface area contributed by atoms with Crippen molar-refractivity contribution in [2.75, 3.05) is 11.9 Å². The molecule has 1 atom stereocenters. The molecule has 7 nitrogen and oxygen atoms in total. The van der Waals surface area contributed by atoms with Crippen LogP contribution in [0, 0.1) is 5.82 Å². The van der Waals surface area contributed by atoms with E-state index in [9.17, 15) is 9.18 Å². The molecule has 0 fully saturated rings. The predicted molar refractivity (Wildman–Crippen MR) is 89.4 cm³/mol. The van der Waals surface area contributed by atoms with Crippen LogP contribution in [0.4, 0.5) is 15.9 Å². The van der Waals surface area contributed by atoms with Crippen molar-refractivity contribution in [1.29, 1.82) is 0 Å². The highest BCUT2D eigenvalue weighted by atomic mass is 35.5. The zero-order chi connectivity index (χ0) is 17.6. The first-order chi connectivity index (χ1) is 12.2. The third kappa shape index (κ3) is 3.92. The van der Waals surface area contributed by atoms with Crippen molar-refractivity contribution < 1.29 is 13.9 Å². The molecule has 0 saturated heterocycles. The Hall–Kier alpha value is -3.00. The summed E-state index contributed by atoms with van der Waals surface area (Å²) in [6.45, 7) is 0.287. The van der Waals surface area contributed by atoms with Gasteiger partial charge in [-0.3, -0.25) is 4.79 Å². The lowest BCUT2D eigenvalue weighted by molar-refractivity contribution is -0.128. The topological polar surface area (TPSA) is 81.9 Å². The lowest BCUT2D eigenvalue weighted by Gasteiger charge is -2.14. The van der Waals surface area contributed by atoms with Crippen LogP contribution in [0.3, 0.4) is 0 Å². The molecule has 0 spiro atoms. The van der Waals surface area contributed by atoms with Crippen LogP contribution >= 0.6 is 11.6 Å². The molecule has 128 valence electrons. The number of nitrogens with zero attached hydrogens (tertiary/aromatic N) is 4. The first kappa shape index (κ1) is 16.8. The highest BCUT2D eigenvalue weighted by Crippen LogP contribution is 2.28. The zero-order valence-corrected chi connectivity index (χ0v) is 13.6. The van der Waals surface area contributed by atoms with Crippen LogP contribution in [-0.4, -0.2) is 32.8 Å². The molecule has 9 heteroatoms. The Bertz CT molecular complexity index is 859. The Morgan fingerprint density at radius 3 is 3.04 bits per heavy atom. The number of alkyl halides is 1. The summed E-state index contributed by atoms with van der Waals surface area (Å²) in [6.07, 6.45) is 6.07. The Labute approximate surface area is 147 Å². The van der Waals surface area contributed by atoms with E-state index in [0.717, 1.165) is 0 Å². The van der Waals surface area contributed by atoms with Crippen molar-refractivity contribution in [3.8, 4) is 5.69 Å². The molecule has 1 N–H and O–H groups in total. The number of hydrogen-bond donors (Lipinski definition) is 1. The number of carbonyl (C=O) groups excluding carboxylic acids is 1. The van der Waals surface area contributed by atoms with Gasteiger partial charge in [0.15, 0.2) is 5.82 Å². The summed E-state index contributed by atoms with van der Waals surface area (Å²) >= 11 is 6.19. The molecule has 1 unspecified atom stereocenters. The fraction of sp³-hybridized carbons (Fsp3) is 0.125. The predicted octanol–water partition coefficient (Wildman–Crippen LogP) is 3.00. The van der Waals surface area contributed by atoms with E-state index in [2.05, 4.69) is 25.1 Å². The van der Waals surface area contributed by atoms with Crippen molar-refractivity contribution in [2.45, 2.75) is 5.38 Å². The van der Waals surface area contributed by atoms with Gasteiger partial charge in [-0.15, -0.1) is 11.6 Å². The number of nitrogens with one attached hydrogen (secondary N) is 1. The second kappa shape index (κ2) is 7.71. The highest BCUT2D eigenvalue weighted by Gasteiger charge is 2.16.